The summed E-state index contributed by atoms with van der Waals surface area (Å²) in [6.45, 7) is 1.83. The van der Waals surface area contributed by atoms with Crippen LogP contribution in [-0.2, 0) is 17.6 Å². The molecule has 2 aromatic carbocycles. The van der Waals surface area contributed by atoms with Gasteiger partial charge in [-0.15, -0.1) is 5.10 Å². The predicted octanol–water partition coefficient (Wildman–Crippen LogP) is 2.78. The molecule has 2 amide bonds. The van der Waals surface area contributed by atoms with Gasteiger partial charge >= 0.3 is 0 Å². The van der Waals surface area contributed by atoms with Gasteiger partial charge in [0.1, 0.15) is 30.0 Å². The van der Waals surface area contributed by atoms with Crippen molar-refractivity contribution in [3.05, 3.63) is 88.8 Å². The third-order valence-corrected chi connectivity index (χ3v) is 6.24. The highest BCUT2D eigenvalue weighted by molar-refractivity contribution is 6.02. The summed E-state index contributed by atoms with van der Waals surface area (Å²) in [5.74, 6) is 7.22. The average Bonchev–Trinajstić information content (AvgIpc) is 3.54. The molecule has 192 valence electrons. The van der Waals surface area contributed by atoms with Crippen LogP contribution in [0.5, 0.6) is 5.75 Å². The zero-order chi connectivity index (χ0) is 26.6. The van der Waals surface area contributed by atoms with Gasteiger partial charge in [0.25, 0.3) is 11.8 Å². The quantitative estimate of drug-likeness (QED) is 0.410. The van der Waals surface area contributed by atoms with E-state index in [1.807, 2.05) is 49.4 Å². The number of anilines is 1. The molecule has 4 aromatic rings. The molecule has 10 nitrogen and oxygen atoms in total. The van der Waals surface area contributed by atoms with E-state index in [4.69, 9.17) is 9.26 Å². The molecule has 0 fully saturated rings. The zero-order valence-corrected chi connectivity index (χ0v) is 21.3. The Morgan fingerprint density at radius 3 is 2.79 bits per heavy atom. The van der Waals surface area contributed by atoms with Crippen LogP contribution in [-0.4, -0.2) is 63.8 Å². The Kier molecular flexibility index (Phi) is 6.91. The SMILES string of the molecule is Cc1cc(CC#Cc2ccc3c(c2)N(C)C(=O)[C@@H](N(C)C(=O)c2n[nH]c(Cc4ccccc4)n2)CO3)no1. The van der Waals surface area contributed by atoms with Crippen molar-refractivity contribution in [2.75, 3.05) is 25.6 Å². The molecule has 0 unspecified atom stereocenters. The van der Waals surface area contributed by atoms with E-state index < -0.39 is 11.9 Å². The first-order valence-corrected chi connectivity index (χ1v) is 12.1. The maximum atomic E-state index is 13.4. The number of amides is 2. The minimum Gasteiger partial charge on any atom is -0.489 e. The summed E-state index contributed by atoms with van der Waals surface area (Å²) in [5, 5.41) is 10.8. The molecule has 0 bridgehead atoms. The van der Waals surface area contributed by atoms with Gasteiger partial charge in [0.05, 0.1) is 17.8 Å². The van der Waals surface area contributed by atoms with Gasteiger partial charge in [-0.2, -0.15) is 0 Å². The second kappa shape index (κ2) is 10.6. The number of hydrogen-bond acceptors (Lipinski definition) is 7. The second-order valence-electron chi connectivity index (χ2n) is 9.00. The Balaban J connectivity index is 1.28. The number of ether oxygens (including phenoxy) is 1. The van der Waals surface area contributed by atoms with E-state index in [2.05, 4.69) is 32.2 Å². The maximum absolute atomic E-state index is 13.4. The van der Waals surface area contributed by atoms with Crippen LogP contribution in [0, 0.1) is 18.8 Å². The largest absolute Gasteiger partial charge is 0.489 e. The number of rotatable bonds is 5. The summed E-state index contributed by atoms with van der Waals surface area (Å²) in [6.07, 6.45) is 0.959. The first-order valence-electron chi connectivity index (χ1n) is 12.1. The standard InChI is InChI=1S/C28H26N6O4/c1-18-14-21(32-38-18)11-7-10-20-12-13-24-22(15-20)33(2)27(35)23(17-37-24)34(3)28(36)26-29-25(30-31-26)16-19-8-5-4-6-9-19/h4-6,8-9,12-15,23H,11,16-17H2,1-3H3,(H,29,30,31)/t23-/m0/s1. The maximum Gasteiger partial charge on any atom is 0.294 e. The van der Waals surface area contributed by atoms with E-state index in [-0.39, 0.29) is 18.3 Å². The molecule has 0 spiro atoms. The van der Waals surface area contributed by atoms with Crippen molar-refractivity contribution < 1.29 is 18.8 Å². The first-order chi connectivity index (χ1) is 18.4. The molecule has 3 heterocycles. The van der Waals surface area contributed by atoms with Crippen LogP contribution in [0.15, 0.2) is 59.1 Å². The van der Waals surface area contributed by atoms with E-state index in [0.717, 1.165) is 22.6 Å². The van der Waals surface area contributed by atoms with Crippen LogP contribution in [0.1, 0.15) is 39.0 Å². The van der Waals surface area contributed by atoms with Crippen LogP contribution in [0.4, 0.5) is 5.69 Å². The highest BCUT2D eigenvalue weighted by Crippen LogP contribution is 2.32. The molecule has 1 aliphatic heterocycles. The predicted molar refractivity (Wildman–Crippen MR) is 139 cm³/mol. The topological polar surface area (TPSA) is 117 Å². The van der Waals surface area contributed by atoms with E-state index in [1.165, 1.54) is 9.80 Å². The van der Waals surface area contributed by atoms with Crippen LogP contribution in [0.3, 0.4) is 0 Å². The van der Waals surface area contributed by atoms with Gasteiger partial charge in [-0.25, -0.2) is 4.98 Å². The van der Waals surface area contributed by atoms with E-state index >= 15 is 0 Å². The van der Waals surface area contributed by atoms with Crippen molar-refractivity contribution in [3.8, 4) is 17.6 Å². The molecule has 1 aliphatic rings. The van der Waals surface area contributed by atoms with Crippen molar-refractivity contribution in [2.45, 2.75) is 25.8 Å². The lowest BCUT2D eigenvalue weighted by atomic mass is 10.1. The Hall–Kier alpha value is -4.91. The Morgan fingerprint density at radius 2 is 2.03 bits per heavy atom. The fourth-order valence-corrected chi connectivity index (χ4v) is 4.14. The van der Waals surface area contributed by atoms with Gasteiger partial charge in [-0.05, 0) is 30.7 Å². The summed E-state index contributed by atoms with van der Waals surface area (Å²) in [5.41, 5.74) is 3.10. The van der Waals surface area contributed by atoms with Crippen LogP contribution >= 0.6 is 0 Å². The van der Waals surface area contributed by atoms with E-state index in [0.29, 0.717) is 30.1 Å². The molecule has 5 rings (SSSR count). The third-order valence-electron chi connectivity index (χ3n) is 6.24. The zero-order valence-electron chi connectivity index (χ0n) is 21.3. The molecule has 0 aliphatic carbocycles. The number of nitrogens with one attached hydrogen (secondary N) is 1. The number of aromatic nitrogens is 4. The summed E-state index contributed by atoms with van der Waals surface area (Å²) in [6, 6.07) is 16.1. The number of fused-ring (bicyclic) bond motifs is 1. The lowest BCUT2D eigenvalue weighted by Crippen LogP contribution is -2.50. The Bertz CT molecular complexity index is 1530. The molecular formula is C28H26N6O4. The minimum atomic E-state index is -0.860. The number of carbonyl (C=O) groups excluding carboxylic acids is 2. The number of carbonyl (C=O) groups is 2. The third kappa shape index (κ3) is 5.27. The fourth-order valence-electron chi connectivity index (χ4n) is 4.14. The summed E-state index contributed by atoms with van der Waals surface area (Å²) < 4.78 is 11.0. The number of benzene rings is 2. The number of likely N-dealkylation sites (N-methyl/N-ethyl adjacent to an activating group) is 2. The van der Waals surface area contributed by atoms with Crippen molar-refractivity contribution in [2.24, 2.45) is 0 Å². The van der Waals surface area contributed by atoms with Crippen LogP contribution in [0.25, 0.3) is 0 Å². The Morgan fingerprint density at radius 1 is 1.21 bits per heavy atom. The molecule has 10 heteroatoms. The van der Waals surface area contributed by atoms with Crippen molar-refractivity contribution in [1.82, 2.24) is 25.2 Å². The summed E-state index contributed by atoms with van der Waals surface area (Å²) >= 11 is 0. The van der Waals surface area contributed by atoms with Gasteiger partial charge in [-0.1, -0.05) is 47.3 Å². The molecule has 2 aromatic heterocycles. The molecule has 0 saturated heterocycles. The highest BCUT2D eigenvalue weighted by Gasteiger charge is 2.35. The van der Waals surface area contributed by atoms with Gasteiger partial charge in [0.2, 0.25) is 5.82 Å². The molecule has 1 atom stereocenters. The van der Waals surface area contributed by atoms with Gasteiger partial charge < -0.3 is 19.1 Å². The lowest BCUT2D eigenvalue weighted by Gasteiger charge is -2.26. The second-order valence-corrected chi connectivity index (χ2v) is 9.00. The van der Waals surface area contributed by atoms with E-state index in [1.54, 1.807) is 26.2 Å². The van der Waals surface area contributed by atoms with Crippen molar-refractivity contribution in [3.63, 3.8) is 0 Å². The normalized spacial score (nSPS) is 14.7. The van der Waals surface area contributed by atoms with Gasteiger partial charge in [0, 0.05) is 32.1 Å². The summed E-state index contributed by atoms with van der Waals surface area (Å²) in [7, 11) is 3.20. The van der Waals surface area contributed by atoms with Gasteiger partial charge in [0.15, 0.2) is 0 Å². The van der Waals surface area contributed by atoms with Crippen molar-refractivity contribution in [1.29, 1.82) is 0 Å². The molecule has 0 saturated carbocycles. The summed E-state index contributed by atoms with van der Waals surface area (Å²) in [4.78, 5) is 33.7. The monoisotopic (exact) mass is 510 g/mol. The van der Waals surface area contributed by atoms with Crippen LogP contribution in [0.2, 0.25) is 0 Å². The van der Waals surface area contributed by atoms with Gasteiger partial charge in [-0.3, -0.25) is 14.7 Å². The fraction of sp³-hybridized carbons (Fsp3) is 0.250. The van der Waals surface area contributed by atoms with Crippen molar-refractivity contribution >= 4 is 17.5 Å². The number of aromatic amines is 1. The Labute approximate surface area is 219 Å². The molecule has 1 N–H and O–H groups in total. The molecule has 38 heavy (non-hydrogen) atoms. The highest BCUT2D eigenvalue weighted by atomic mass is 16.5. The smallest absolute Gasteiger partial charge is 0.294 e. The first kappa shape index (κ1) is 24.8. The number of H-pyrrole nitrogens is 1. The van der Waals surface area contributed by atoms with Crippen LogP contribution < -0.4 is 9.64 Å². The molecule has 0 radical (unpaired) electrons. The number of hydrogen-bond donors (Lipinski definition) is 1. The average molecular weight is 511 g/mol. The van der Waals surface area contributed by atoms with E-state index in [9.17, 15) is 9.59 Å². The number of nitrogens with zero attached hydrogens (tertiary/aromatic N) is 5. The lowest BCUT2D eigenvalue weighted by molar-refractivity contribution is -0.122. The number of aryl methyl sites for hydroxylation is 1. The minimum absolute atomic E-state index is 0.00373. The molecular weight excluding hydrogens is 484 g/mol.